The Hall–Kier alpha value is -6.78. The third-order valence-electron chi connectivity index (χ3n) is 11.3. The molecule has 1 atom stereocenters. The molecule has 0 saturated heterocycles. The van der Waals surface area contributed by atoms with Gasteiger partial charge in [0.15, 0.2) is 5.84 Å². The van der Waals surface area contributed by atoms with Crippen LogP contribution in [0.1, 0.15) is 62.8 Å². The third-order valence-corrected chi connectivity index (χ3v) is 11.3. The van der Waals surface area contributed by atoms with Crippen molar-refractivity contribution >= 4 is 33.4 Å². The van der Waals surface area contributed by atoms with Crippen LogP contribution in [0.5, 0.6) is 0 Å². The van der Waals surface area contributed by atoms with E-state index in [-0.39, 0.29) is 17.2 Å². The van der Waals surface area contributed by atoms with Crippen LogP contribution in [0.2, 0.25) is 0 Å². The molecule has 1 aliphatic carbocycles. The van der Waals surface area contributed by atoms with E-state index in [4.69, 9.17) is 9.73 Å². The Morgan fingerprint density at radius 1 is 0.690 bits per heavy atom. The van der Waals surface area contributed by atoms with E-state index in [0.29, 0.717) is 17.9 Å². The SMILES string of the molecule is C=C(/C=C\CC)OC(=C)/C=C\CC(C)/C(=N\C(=N)c1ccccc1)c1cc(-c2ccc3c(c2)-c2ccccc2C3(C)C)cc(-n2c3ccccc3c3ccccc32)c1. The average Bonchev–Trinajstić information content (AvgIpc) is 3.70. The first kappa shape index (κ1) is 38.1. The number of aromatic nitrogens is 1. The lowest BCUT2D eigenvalue weighted by Gasteiger charge is -2.21. The van der Waals surface area contributed by atoms with Crippen LogP contribution in [0.4, 0.5) is 0 Å². The van der Waals surface area contributed by atoms with Crippen LogP contribution in [-0.4, -0.2) is 16.1 Å². The van der Waals surface area contributed by atoms with Gasteiger partial charge in [-0.3, -0.25) is 5.41 Å². The molecule has 4 nitrogen and oxygen atoms in total. The maximum atomic E-state index is 9.24. The van der Waals surface area contributed by atoms with Gasteiger partial charge >= 0.3 is 0 Å². The van der Waals surface area contributed by atoms with E-state index < -0.39 is 0 Å². The summed E-state index contributed by atoms with van der Waals surface area (Å²) < 4.78 is 8.20. The molecule has 1 aromatic heterocycles. The Balaban J connectivity index is 1.30. The Morgan fingerprint density at radius 2 is 1.31 bits per heavy atom. The van der Waals surface area contributed by atoms with Gasteiger partial charge in [0.1, 0.15) is 11.5 Å². The lowest BCUT2D eigenvalue weighted by Crippen LogP contribution is -2.16. The fraction of sp³-hybridized carbons (Fsp3) is 0.148. The quantitative estimate of drug-likeness (QED) is 0.0574. The molecule has 4 heteroatoms. The van der Waals surface area contributed by atoms with Gasteiger partial charge in [0.2, 0.25) is 0 Å². The number of ether oxygens (including phenoxy) is 1. The van der Waals surface area contributed by atoms with Crippen LogP contribution in [0, 0.1) is 11.3 Å². The molecular weight excluding hydrogens is 707 g/mol. The van der Waals surface area contributed by atoms with Gasteiger partial charge in [-0.1, -0.05) is 156 Å². The Kier molecular flexibility index (Phi) is 10.5. The maximum Gasteiger partial charge on any atom is 0.152 e. The van der Waals surface area contributed by atoms with Gasteiger partial charge in [0.25, 0.3) is 0 Å². The minimum Gasteiger partial charge on any atom is -0.459 e. The summed E-state index contributed by atoms with van der Waals surface area (Å²) in [5, 5.41) is 11.6. The molecule has 0 spiro atoms. The van der Waals surface area contributed by atoms with Crippen molar-refractivity contribution in [1.29, 1.82) is 5.41 Å². The van der Waals surface area contributed by atoms with E-state index in [1.54, 1.807) is 0 Å². The Morgan fingerprint density at radius 3 is 2.02 bits per heavy atom. The van der Waals surface area contributed by atoms with Crippen LogP contribution in [0.15, 0.2) is 193 Å². The van der Waals surface area contributed by atoms with Gasteiger partial charge in [-0.2, -0.15) is 0 Å². The lowest BCUT2D eigenvalue weighted by molar-refractivity contribution is 0.340. The van der Waals surface area contributed by atoms with Crippen molar-refractivity contribution in [2.45, 2.75) is 46.0 Å². The summed E-state index contributed by atoms with van der Waals surface area (Å²) in [6.45, 7) is 17.0. The molecule has 7 aromatic rings. The number of hydrogen-bond donors (Lipinski definition) is 1. The molecule has 0 amide bonds. The maximum absolute atomic E-state index is 9.24. The van der Waals surface area contributed by atoms with Gasteiger partial charge < -0.3 is 9.30 Å². The number of para-hydroxylation sites is 2. The molecule has 286 valence electrons. The summed E-state index contributed by atoms with van der Waals surface area (Å²) in [6.07, 6.45) is 9.40. The highest BCUT2D eigenvalue weighted by atomic mass is 16.5. The fourth-order valence-electron chi connectivity index (χ4n) is 8.40. The first-order valence-corrected chi connectivity index (χ1v) is 20.1. The second-order valence-electron chi connectivity index (χ2n) is 15.7. The average molecular weight is 756 g/mol. The number of nitrogens with one attached hydrogen (secondary N) is 1. The number of fused-ring (bicyclic) bond motifs is 6. The molecule has 1 N–H and O–H groups in total. The molecule has 6 aromatic carbocycles. The monoisotopic (exact) mass is 755 g/mol. The highest BCUT2D eigenvalue weighted by Crippen LogP contribution is 2.49. The van der Waals surface area contributed by atoms with Gasteiger partial charge in [-0.05, 0) is 100 Å². The molecule has 1 heterocycles. The minimum atomic E-state index is -0.0865. The zero-order chi connectivity index (χ0) is 40.4. The zero-order valence-electron chi connectivity index (χ0n) is 33.8. The molecule has 0 saturated carbocycles. The van der Waals surface area contributed by atoms with Crippen molar-refractivity contribution in [2.24, 2.45) is 10.9 Å². The summed E-state index contributed by atoms with van der Waals surface area (Å²) in [4.78, 5) is 5.17. The Bertz CT molecular complexity index is 2760. The highest BCUT2D eigenvalue weighted by Gasteiger charge is 2.35. The molecule has 1 aliphatic rings. The first-order valence-electron chi connectivity index (χ1n) is 20.1. The van der Waals surface area contributed by atoms with E-state index in [1.165, 1.54) is 33.0 Å². The van der Waals surface area contributed by atoms with E-state index in [1.807, 2.05) is 48.6 Å². The lowest BCUT2D eigenvalue weighted by atomic mass is 9.82. The van der Waals surface area contributed by atoms with E-state index >= 15 is 0 Å². The van der Waals surface area contributed by atoms with Crippen molar-refractivity contribution in [3.63, 3.8) is 0 Å². The normalized spacial score (nSPS) is 13.9. The summed E-state index contributed by atoms with van der Waals surface area (Å²) in [6, 6.07) is 49.5. The van der Waals surface area contributed by atoms with Gasteiger partial charge in [-0.25, -0.2) is 4.99 Å². The summed E-state index contributed by atoms with van der Waals surface area (Å²) in [5.41, 5.74) is 13.3. The molecule has 58 heavy (non-hydrogen) atoms. The molecule has 0 bridgehead atoms. The molecular formula is C54H49N3O. The predicted octanol–water partition coefficient (Wildman–Crippen LogP) is 14.2. The second kappa shape index (κ2) is 16.0. The second-order valence-corrected chi connectivity index (χ2v) is 15.7. The number of nitrogens with zero attached hydrogens (tertiary/aromatic N) is 2. The third kappa shape index (κ3) is 7.30. The molecule has 8 rings (SSSR count). The van der Waals surface area contributed by atoms with Gasteiger partial charge in [0, 0.05) is 33.4 Å². The smallest absolute Gasteiger partial charge is 0.152 e. The van der Waals surface area contributed by atoms with Crippen molar-refractivity contribution < 1.29 is 4.74 Å². The zero-order valence-corrected chi connectivity index (χ0v) is 33.8. The number of rotatable bonds is 12. The van der Waals surface area contributed by atoms with Gasteiger partial charge in [-0.15, -0.1) is 0 Å². The number of hydrogen-bond acceptors (Lipinski definition) is 2. The summed E-state index contributed by atoms with van der Waals surface area (Å²) in [5.74, 6) is 1.23. The largest absolute Gasteiger partial charge is 0.459 e. The van der Waals surface area contributed by atoms with Crippen molar-refractivity contribution in [2.75, 3.05) is 0 Å². The predicted molar refractivity (Wildman–Crippen MR) is 245 cm³/mol. The summed E-state index contributed by atoms with van der Waals surface area (Å²) >= 11 is 0. The first-order chi connectivity index (χ1) is 28.1. The van der Waals surface area contributed by atoms with E-state index in [2.05, 4.69) is 161 Å². The van der Waals surface area contributed by atoms with Crippen molar-refractivity contribution in [3.8, 4) is 27.9 Å². The summed E-state index contributed by atoms with van der Waals surface area (Å²) in [7, 11) is 0. The van der Waals surface area contributed by atoms with Crippen molar-refractivity contribution in [3.05, 3.63) is 211 Å². The molecule has 0 aliphatic heterocycles. The number of aliphatic imine (C=N–C) groups is 1. The topological polar surface area (TPSA) is 50.4 Å². The van der Waals surface area contributed by atoms with Crippen molar-refractivity contribution in [1.82, 2.24) is 4.57 Å². The van der Waals surface area contributed by atoms with Crippen LogP contribution in [-0.2, 0) is 10.2 Å². The molecule has 0 radical (unpaired) electrons. The number of allylic oxidation sites excluding steroid dienone is 4. The highest BCUT2D eigenvalue weighted by molar-refractivity contribution is 6.13. The standard InChI is InChI=1S/C54H49N3O/c1-7-8-20-37(3)58-38(4)21-18-19-36(2)52(56-53(55)39-22-10-9-11-23-39)42-32-41(40-30-31-49-47(35-40)44-24-12-15-27-48(44)54(49,5)6)33-43(34-42)57-50-28-16-13-25-45(50)46-26-14-17-29-51(46)57/h8-18,20-36,55H,3-4,7,19H2,1-2,5-6H3/b20-8-,21-18-,55-53?,56-52+. The number of benzene rings is 6. The van der Waals surface area contributed by atoms with E-state index in [9.17, 15) is 5.41 Å². The van der Waals surface area contributed by atoms with Gasteiger partial charge in [0.05, 0.1) is 16.7 Å². The number of amidine groups is 1. The molecule has 0 fully saturated rings. The fourth-order valence-corrected chi connectivity index (χ4v) is 8.40. The van der Waals surface area contributed by atoms with Crippen LogP contribution < -0.4 is 0 Å². The van der Waals surface area contributed by atoms with Crippen LogP contribution in [0.25, 0.3) is 49.7 Å². The molecule has 1 unspecified atom stereocenters. The van der Waals surface area contributed by atoms with E-state index in [0.717, 1.165) is 51.1 Å². The minimum absolute atomic E-state index is 0.0646. The van der Waals surface area contributed by atoms with Crippen LogP contribution in [0.3, 0.4) is 0 Å². The Labute approximate surface area is 342 Å². The van der Waals surface area contributed by atoms with Crippen LogP contribution >= 0.6 is 0 Å².